The Morgan fingerprint density at radius 2 is 1.61 bits per heavy atom. The average Bonchev–Trinajstić information content (AvgIpc) is 2.85. The molecule has 0 spiro atoms. The van der Waals surface area contributed by atoms with E-state index in [4.69, 9.17) is 16.3 Å². The van der Waals surface area contributed by atoms with Gasteiger partial charge in [0.15, 0.2) is 5.82 Å². The molecular weight excluding hydrogens is 460 g/mol. The Balaban J connectivity index is 1.36. The molecule has 33 heavy (non-hydrogen) atoms. The maximum Gasteiger partial charge on any atom is 0.243 e. The van der Waals surface area contributed by atoms with Crippen LogP contribution in [0.5, 0.6) is 5.75 Å². The standard InChI is InChI=1S/C24H27ClN4O3S/c1-2-3-18-32-21-8-10-22(11-9-21)33(30,31)29-16-14-28(15-17-29)24-13-12-23(26-27-24)19-4-6-20(25)7-5-19/h4-13H,2-3,14-18H2,1H3. The molecule has 0 aliphatic carbocycles. The summed E-state index contributed by atoms with van der Waals surface area (Å²) >= 11 is 5.94. The molecule has 174 valence electrons. The van der Waals surface area contributed by atoms with Crippen LogP contribution >= 0.6 is 11.6 Å². The van der Waals surface area contributed by atoms with Crippen LogP contribution in [0.25, 0.3) is 11.3 Å². The molecule has 1 saturated heterocycles. The summed E-state index contributed by atoms with van der Waals surface area (Å²) in [5, 5.41) is 9.35. The van der Waals surface area contributed by atoms with E-state index in [9.17, 15) is 8.42 Å². The van der Waals surface area contributed by atoms with Crippen LogP contribution in [0, 0.1) is 0 Å². The van der Waals surface area contributed by atoms with Gasteiger partial charge in [0.2, 0.25) is 10.0 Å². The third-order valence-corrected chi connectivity index (χ3v) is 7.75. The second kappa shape index (κ2) is 10.5. The summed E-state index contributed by atoms with van der Waals surface area (Å²) in [7, 11) is -3.55. The van der Waals surface area contributed by atoms with E-state index in [-0.39, 0.29) is 4.90 Å². The average molecular weight is 487 g/mol. The van der Waals surface area contributed by atoms with Crippen molar-refractivity contribution in [2.45, 2.75) is 24.7 Å². The summed E-state index contributed by atoms with van der Waals surface area (Å²) in [6, 6.07) is 17.9. The predicted molar refractivity (Wildman–Crippen MR) is 130 cm³/mol. The number of piperazine rings is 1. The van der Waals surface area contributed by atoms with Gasteiger partial charge in [-0.1, -0.05) is 37.1 Å². The summed E-state index contributed by atoms with van der Waals surface area (Å²) in [6.07, 6.45) is 2.02. The van der Waals surface area contributed by atoms with E-state index in [1.165, 1.54) is 4.31 Å². The van der Waals surface area contributed by atoms with Crippen LogP contribution in [-0.2, 0) is 10.0 Å². The smallest absolute Gasteiger partial charge is 0.243 e. The van der Waals surface area contributed by atoms with Crippen molar-refractivity contribution >= 4 is 27.4 Å². The van der Waals surface area contributed by atoms with E-state index in [0.717, 1.165) is 29.9 Å². The molecular formula is C24H27ClN4O3S. The fourth-order valence-electron chi connectivity index (χ4n) is 3.62. The molecule has 0 amide bonds. The second-order valence-electron chi connectivity index (χ2n) is 7.85. The Morgan fingerprint density at radius 3 is 2.21 bits per heavy atom. The predicted octanol–water partition coefficient (Wildman–Crippen LogP) is 4.49. The van der Waals surface area contributed by atoms with Crippen LogP contribution in [0.2, 0.25) is 5.02 Å². The zero-order chi connectivity index (χ0) is 23.3. The number of hydrogen-bond donors (Lipinski definition) is 0. The minimum absolute atomic E-state index is 0.283. The fraction of sp³-hybridized carbons (Fsp3) is 0.333. The number of rotatable bonds is 8. The quantitative estimate of drug-likeness (QED) is 0.437. The molecule has 2 heterocycles. The van der Waals surface area contributed by atoms with Crippen molar-refractivity contribution in [2.24, 2.45) is 0 Å². The van der Waals surface area contributed by atoms with E-state index in [1.807, 2.05) is 36.4 Å². The molecule has 1 fully saturated rings. The molecule has 0 saturated carbocycles. The van der Waals surface area contributed by atoms with Gasteiger partial charge in [-0.2, -0.15) is 4.31 Å². The van der Waals surface area contributed by atoms with Gasteiger partial charge in [0.05, 0.1) is 17.2 Å². The summed E-state index contributed by atoms with van der Waals surface area (Å²) in [5.41, 5.74) is 1.70. The minimum atomic E-state index is -3.55. The van der Waals surface area contributed by atoms with E-state index >= 15 is 0 Å². The van der Waals surface area contributed by atoms with Gasteiger partial charge < -0.3 is 9.64 Å². The van der Waals surface area contributed by atoms with E-state index in [0.29, 0.717) is 43.6 Å². The molecule has 3 aromatic rings. The van der Waals surface area contributed by atoms with Crippen molar-refractivity contribution in [3.05, 3.63) is 65.7 Å². The van der Waals surface area contributed by atoms with Crippen LogP contribution < -0.4 is 9.64 Å². The monoisotopic (exact) mass is 486 g/mol. The van der Waals surface area contributed by atoms with Crippen LogP contribution in [0.15, 0.2) is 65.6 Å². The number of anilines is 1. The van der Waals surface area contributed by atoms with Crippen molar-refractivity contribution in [2.75, 3.05) is 37.7 Å². The van der Waals surface area contributed by atoms with Crippen molar-refractivity contribution in [1.29, 1.82) is 0 Å². The van der Waals surface area contributed by atoms with Crippen LogP contribution in [0.3, 0.4) is 0 Å². The molecule has 0 N–H and O–H groups in total. The lowest BCUT2D eigenvalue weighted by Gasteiger charge is -2.34. The molecule has 1 aliphatic rings. The molecule has 0 unspecified atom stereocenters. The number of aromatic nitrogens is 2. The second-order valence-corrected chi connectivity index (χ2v) is 10.2. The van der Waals surface area contributed by atoms with Gasteiger partial charge in [0.25, 0.3) is 0 Å². The van der Waals surface area contributed by atoms with Gasteiger partial charge in [0.1, 0.15) is 5.75 Å². The Labute approximate surface area is 200 Å². The van der Waals surface area contributed by atoms with Crippen LogP contribution in [0.1, 0.15) is 19.8 Å². The van der Waals surface area contributed by atoms with E-state index < -0.39 is 10.0 Å². The highest BCUT2D eigenvalue weighted by Gasteiger charge is 2.29. The number of nitrogens with zero attached hydrogens (tertiary/aromatic N) is 4. The summed E-state index contributed by atoms with van der Waals surface area (Å²) in [6.45, 7) is 4.60. The van der Waals surface area contributed by atoms with Crippen molar-refractivity contribution in [3.63, 3.8) is 0 Å². The molecule has 1 aromatic heterocycles. The Hall–Kier alpha value is -2.68. The van der Waals surface area contributed by atoms with Crippen molar-refractivity contribution < 1.29 is 13.2 Å². The lowest BCUT2D eigenvalue weighted by atomic mass is 10.1. The molecule has 0 radical (unpaired) electrons. The van der Waals surface area contributed by atoms with Gasteiger partial charge >= 0.3 is 0 Å². The summed E-state index contributed by atoms with van der Waals surface area (Å²) < 4.78 is 33.3. The highest BCUT2D eigenvalue weighted by molar-refractivity contribution is 7.89. The first-order valence-electron chi connectivity index (χ1n) is 11.0. The van der Waals surface area contributed by atoms with E-state index in [1.54, 1.807) is 24.3 Å². The van der Waals surface area contributed by atoms with Crippen molar-refractivity contribution in [1.82, 2.24) is 14.5 Å². The zero-order valence-corrected chi connectivity index (χ0v) is 20.1. The molecule has 2 aromatic carbocycles. The third-order valence-electron chi connectivity index (χ3n) is 5.58. The summed E-state index contributed by atoms with van der Waals surface area (Å²) in [5.74, 6) is 1.42. The van der Waals surface area contributed by atoms with Gasteiger partial charge in [-0.25, -0.2) is 8.42 Å². The molecule has 0 bridgehead atoms. The topological polar surface area (TPSA) is 75.6 Å². The highest BCUT2D eigenvalue weighted by Crippen LogP contribution is 2.24. The lowest BCUT2D eigenvalue weighted by molar-refractivity contribution is 0.309. The number of benzene rings is 2. The van der Waals surface area contributed by atoms with Crippen LogP contribution in [0.4, 0.5) is 5.82 Å². The van der Waals surface area contributed by atoms with Crippen LogP contribution in [-0.4, -0.2) is 55.7 Å². The maximum atomic E-state index is 13.1. The Bertz CT molecular complexity index is 1150. The number of hydrogen-bond acceptors (Lipinski definition) is 6. The SMILES string of the molecule is CCCCOc1ccc(S(=O)(=O)N2CCN(c3ccc(-c4ccc(Cl)cc4)nn3)CC2)cc1. The van der Waals surface area contributed by atoms with Gasteiger partial charge in [0, 0.05) is 36.8 Å². The first-order chi connectivity index (χ1) is 16.0. The van der Waals surface area contributed by atoms with Gasteiger partial charge in [-0.05, 0) is 55.0 Å². The number of unbranched alkanes of at least 4 members (excludes halogenated alkanes) is 1. The fourth-order valence-corrected chi connectivity index (χ4v) is 5.17. The molecule has 0 atom stereocenters. The first-order valence-corrected chi connectivity index (χ1v) is 12.9. The maximum absolute atomic E-state index is 13.1. The number of ether oxygens (including phenoxy) is 1. The van der Waals surface area contributed by atoms with E-state index in [2.05, 4.69) is 22.0 Å². The summed E-state index contributed by atoms with van der Waals surface area (Å²) in [4.78, 5) is 2.33. The molecule has 4 rings (SSSR count). The molecule has 9 heteroatoms. The molecule has 1 aliphatic heterocycles. The number of sulfonamides is 1. The molecule has 7 nitrogen and oxygen atoms in total. The first kappa shape index (κ1) is 23.5. The van der Waals surface area contributed by atoms with Gasteiger partial charge in [-0.15, -0.1) is 10.2 Å². The van der Waals surface area contributed by atoms with Crippen molar-refractivity contribution in [3.8, 4) is 17.0 Å². The largest absolute Gasteiger partial charge is 0.494 e. The Kier molecular flexibility index (Phi) is 7.47. The van der Waals surface area contributed by atoms with Gasteiger partial charge in [-0.3, -0.25) is 0 Å². The Morgan fingerprint density at radius 1 is 0.909 bits per heavy atom. The lowest BCUT2D eigenvalue weighted by Crippen LogP contribution is -2.48. The normalized spacial score (nSPS) is 14.9. The highest BCUT2D eigenvalue weighted by atomic mass is 35.5. The minimum Gasteiger partial charge on any atom is -0.494 e. The third kappa shape index (κ3) is 5.63. The number of halogens is 1. The zero-order valence-electron chi connectivity index (χ0n) is 18.5.